The van der Waals surface area contributed by atoms with Crippen molar-refractivity contribution in [1.82, 2.24) is 0 Å². The summed E-state index contributed by atoms with van der Waals surface area (Å²) in [6, 6.07) is 18.4. The van der Waals surface area contributed by atoms with Crippen molar-refractivity contribution in [2.75, 3.05) is 31.2 Å². The zero-order valence-corrected chi connectivity index (χ0v) is 14.1. The van der Waals surface area contributed by atoms with E-state index in [2.05, 4.69) is 0 Å². The molecule has 0 aliphatic rings. The van der Waals surface area contributed by atoms with Gasteiger partial charge >= 0.3 is 12.1 Å². The number of ether oxygens (including phenoxy) is 3. The molecule has 0 aromatic heterocycles. The van der Waals surface area contributed by atoms with Gasteiger partial charge in [0.15, 0.2) is 0 Å². The standard InChI is InChI=1S/C19H21NO5/c1-16(21)23-14-12-20(17-8-4-2-5-9-17)13-15-24-19(22)25-18-10-6-3-7-11-18/h2-11H,12-15H2,1H3. The Morgan fingerprint density at radius 2 is 1.40 bits per heavy atom. The first-order valence-corrected chi connectivity index (χ1v) is 7.98. The van der Waals surface area contributed by atoms with Crippen molar-refractivity contribution in [1.29, 1.82) is 0 Å². The molecule has 0 radical (unpaired) electrons. The normalized spacial score (nSPS) is 9.96. The molecule has 25 heavy (non-hydrogen) atoms. The van der Waals surface area contributed by atoms with Crippen LogP contribution in [0.1, 0.15) is 6.92 Å². The van der Waals surface area contributed by atoms with Gasteiger partial charge in [-0.25, -0.2) is 4.79 Å². The van der Waals surface area contributed by atoms with E-state index in [9.17, 15) is 9.59 Å². The van der Waals surface area contributed by atoms with E-state index >= 15 is 0 Å². The molecule has 0 saturated heterocycles. The Balaban J connectivity index is 1.82. The fourth-order valence-electron chi connectivity index (χ4n) is 2.16. The van der Waals surface area contributed by atoms with Crippen LogP contribution in [0.5, 0.6) is 5.75 Å². The highest BCUT2D eigenvalue weighted by atomic mass is 16.7. The lowest BCUT2D eigenvalue weighted by Crippen LogP contribution is -2.32. The van der Waals surface area contributed by atoms with Crippen LogP contribution in [0, 0.1) is 0 Å². The Hall–Kier alpha value is -3.02. The van der Waals surface area contributed by atoms with Crippen molar-refractivity contribution in [2.24, 2.45) is 0 Å². The van der Waals surface area contributed by atoms with E-state index in [1.165, 1.54) is 6.92 Å². The van der Waals surface area contributed by atoms with Crippen molar-refractivity contribution in [3.05, 3.63) is 60.7 Å². The maximum absolute atomic E-state index is 11.7. The summed E-state index contributed by atoms with van der Waals surface area (Å²) >= 11 is 0. The molecule has 0 saturated carbocycles. The lowest BCUT2D eigenvalue weighted by atomic mass is 10.3. The third-order valence-electron chi connectivity index (χ3n) is 3.31. The molecular formula is C19H21NO5. The fourth-order valence-corrected chi connectivity index (χ4v) is 2.16. The Bertz CT molecular complexity index is 660. The molecule has 0 fully saturated rings. The summed E-state index contributed by atoms with van der Waals surface area (Å²) in [6.07, 6.45) is -0.751. The molecule has 0 amide bonds. The highest BCUT2D eigenvalue weighted by Gasteiger charge is 2.10. The second-order valence-corrected chi connectivity index (χ2v) is 5.18. The van der Waals surface area contributed by atoms with Crippen molar-refractivity contribution in [3.8, 4) is 5.75 Å². The van der Waals surface area contributed by atoms with Crippen LogP contribution in [0.2, 0.25) is 0 Å². The molecule has 0 N–H and O–H groups in total. The minimum Gasteiger partial charge on any atom is -0.464 e. The fraction of sp³-hybridized carbons (Fsp3) is 0.263. The molecule has 0 aliphatic carbocycles. The third kappa shape index (κ3) is 6.95. The third-order valence-corrected chi connectivity index (χ3v) is 3.31. The average molecular weight is 343 g/mol. The molecule has 2 aromatic rings. The van der Waals surface area contributed by atoms with E-state index in [-0.39, 0.29) is 19.2 Å². The largest absolute Gasteiger partial charge is 0.513 e. The van der Waals surface area contributed by atoms with E-state index in [1.807, 2.05) is 41.3 Å². The monoisotopic (exact) mass is 343 g/mol. The predicted octanol–water partition coefficient (Wildman–Crippen LogP) is 3.27. The van der Waals surface area contributed by atoms with E-state index in [1.54, 1.807) is 24.3 Å². The van der Waals surface area contributed by atoms with Gasteiger partial charge in [0.25, 0.3) is 0 Å². The van der Waals surface area contributed by atoms with Gasteiger partial charge in [0.05, 0.1) is 13.1 Å². The predicted molar refractivity (Wildman–Crippen MR) is 93.7 cm³/mol. The molecule has 2 rings (SSSR count). The molecule has 0 spiro atoms. The van der Waals surface area contributed by atoms with E-state index in [4.69, 9.17) is 14.2 Å². The zero-order valence-electron chi connectivity index (χ0n) is 14.1. The Kier molecular flexibility index (Phi) is 7.31. The maximum Gasteiger partial charge on any atom is 0.513 e. The van der Waals surface area contributed by atoms with Crippen molar-refractivity contribution >= 4 is 17.8 Å². The molecule has 0 unspecified atom stereocenters. The maximum atomic E-state index is 11.7. The number of nitrogens with zero attached hydrogens (tertiary/aromatic N) is 1. The Morgan fingerprint density at radius 1 is 0.840 bits per heavy atom. The van der Waals surface area contributed by atoms with Gasteiger partial charge in [-0.1, -0.05) is 36.4 Å². The van der Waals surface area contributed by atoms with Crippen LogP contribution in [-0.2, 0) is 14.3 Å². The van der Waals surface area contributed by atoms with Crippen LogP contribution in [0.15, 0.2) is 60.7 Å². The van der Waals surface area contributed by atoms with Crippen LogP contribution >= 0.6 is 0 Å². The van der Waals surface area contributed by atoms with Crippen LogP contribution < -0.4 is 9.64 Å². The van der Waals surface area contributed by atoms with Crippen molar-refractivity contribution in [2.45, 2.75) is 6.92 Å². The first kappa shape index (κ1) is 18.3. The van der Waals surface area contributed by atoms with Crippen LogP contribution in [0.4, 0.5) is 10.5 Å². The van der Waals surface area contributed by atoms with Crippen LogP contribution in [-0.4, -0.2) is 38.4 Å². The Morgan fingerprint density at radius 3 is 2.00 bits per heavy atom. The van der Waals surface area contributed by atoms with Gasteiger partial charge in [0.2, 0.25) is 0 Å². The van der Waals surface area contributed by atoms with Crippen molar-refractivity contribution in [3.63, 3.8) is 0 Å². The smallest absolute Gasteiger partial charge is 0.464 e. The summed E-state index contributed by atoms with van der Waals surface area (Å²) in [5.41, 5.74) is 0.953. The first-order valence-electron chi connectivity index (χ1n) is 7.98. The minimum absolute atomic E-state index is 0.153. The number of hydrogen-bond acceptors (Lipinski definition) is 6. The summed E-state index contributed by atoms with van der Waals surface area (Å²) in [5, 5.41) is 0. The molecule has 132 valence electrons. The number of para-hydroxylation sites is 2. The number of esters is 1. The number of carbonyl (C=O) groups excluding carboxylic acids is 2. The Labute approximate surface area is 146 Å². The second-order valence-electron chi connectivity index (χ2n) is 5.18. The highest BCUT2D eigenvalue weighted by Crippen LogP contribution is 2.13. The minimum atomic E-state index is -0.751. The lowest BCUT2D eigenvalue weighted by molar-refractivity contribution is -0.140. The molecule has 0 aliphatic heterocycles. The zero-order chi connectivity index (χ0) is 17.9. The van der Waals surface area contributed by atoms with Gasteiger partial charge in [-0.15, -0.1) is 0 Å². The summed E-state index contributed by atoms with van der Waals surface area (Å²) < 4.78 is 15.2. The van der Waals surface area contributed by atoms with Crippen LogP contribution in [0.25, 0.3) is 0 Å². The summed E-state index contributed by atoms with van der Waals surface area (Å²) in [4.78, 5) is 24.6. The second kappa shape index (κ2) is 9.97. The van der Waals surface area contributed by atoms with E-state index < -0.39 is 6.16 Å². The van der Waals surface area contributed by atoms with Crippen LogP contribution in [0.3, 0.4) is 0 Å². The lowest BCUT2D eigenvalue weighted by Gasteiger charge is -2.24. The summed E-state index contributed by atoms with van der Waals surface area (Å²) in [5.74, 6) is 0.109. The van der Waals surface area contributed by atoms with Gasteiger partial charge in [-0.05, 0) is 24.3 Å². The highest BCUT2D eigenvalue weighted by molar-refractivity contribution is 5.66. The molecule has 6 nitrogen and oxygen atoms in total. The molecular weight excluding hydrogens is 322 g/mol. The molecule has 0 bridgehead atoms. The van der Waals surface area contributed by atoms with Gasteiger partial charge < -0.3 is 19.1 Å². The van der Waals surface area contributed by atoms with E-state index in [0.717, 1.165) is 5.69 Å². The molecule has 2 aromatic carbocycles. The quantitative estimate of drug-likeness (QED) is 0.541. The SMILES string of the molecule is CC(=O)OCCN(CCOC(=O)Oc1ccccc1)c1ccccc1. The summed E-state index contributed by atoms with van der Waals surface area (Å²) in [6.45, 7) is 2.74. The number of hydrogen-bond donors (Lipinski definition) is 0. The average Bonchev–Trinajstić information content (AvgIpc) is 2.62. The van der Waals surface area contributed by atoms with Crippen molar-refractivity contribution < 1.29 is 23.8 Å². The topological polar surface area (TPSA) is 65.1 Å². The molecule has 6 heteroatoms. The van der Waals surface area contributed by atoms with E-state index in [0.29, 0.717) is 18.8 Å². The van der Waals surface area contributed by atoms with Gasteiger partial charge in [0.1, 0.15) is 19.0 Å². The first-order chi connectivity index (χ1) is 12.1. The summed E-state index contributed by atoms with van der Waals surface area (Å²) in [7, 11) is 0. The number of rotatable bonds is 8. The van der Waals surface area contributed by atoms with Gasteiger partial charge in [-0.3, -0.25) is 4.79 Å². The van der Waals surface area contributed by atoms with Gasteiger partial charge in [-0.2, -0.15) is 0 Å². The number of benzene rings is 2. The molecule has 0 atom stereocenters. The molecule has 0 heterocycles. The number of carbonyl (C=O) groups is 2. The number of anilines is 1. The van der Waals surface area contributed by atoms with Gasteiger partial charge in [0, 0.05) is 12.6 Å².